The standard InChI is InChI=1S/C13H11N5O2S/c14-11-7(5-15-17-11)13-16-12(18-20-13)9-6-21-10-4-2-1-3-8(10)19-9/h1-5,9H,6H2,(H3,14,15,17). The maximum Gasteiger partial charge on any atom is 0.263 e. The molecule has 1 aliphatic heterocycles. The number of ether oxygens (including phenoxy) is 1. The summed E-state index contributed by atoms with van der Waals surface area (Å²) >= 11 is 1.71. The van der Waals surface area contributed by atoms with Crippen LogP contribution < -0.4 is 10.5 Å². The minimum absolute atomic E-state index is 0.240. The lowest BCUT2D eigenvalue weighted by Gasteiger charge is -2.22. The molecular formula is C13H11N5O2S. The van der Waals surface area contributed by atoms with Gasteiger partial charge in [0.25, 0.3) is 5.89 Å². The molecule has 0 bridgehead atoms. The molecule has 8 heteroatoms. The molecule has 0 saturated heterocycles. The quantitative estimate of drug-likeness (QED) is 0.748. The molecule has 0 aliphatic carbocycles. The van der Waals surface area contributed by atoms with Crippen molar-refractivity contribution >= 4 is 17.6 Å². The van der Waals surface area contributed by atoms with Gasteiger partial charge in [-0.1, -0.05) is 17.3 Å². The largest absolute Gasteiger partial charge is 0.480 e. The van der Waals surface area contributed by atoms with E-state index in [1.54, 1.807) is 18.0 Å². The Hall–Kier alpha value is -2.48. The van der Waals surface area contributed by atoms with Crippen LogP contribution in [0.2, 0.25) is 0 Å². The average molecular weight is 301 g/mol. The van der Waals surface area contributed by atoms with Crippen LogP contribution in [0.1, 0.15) is 11.9 Å². The van der Waals surface area contributed by atoms with Crippen LogP contribution >= 0.6 is 11.8 Å². The van der Waals surface area contributed by atoms with Gasteiger partial charge in [-0.05, 0) is 12.1 Å². The van der Waals surface area contributed by atoms with Crippen LogP contribution in [0, 0.1) is 0 Å². The molecule has 0 radical (unpaired) electrons. The van der Waals surface area contributed by atoms with Crippen molar-refractivity contribution in [1.82, 2.24) is 20.3 Å². The fourth-order valence-electron chi connectivity index (χ4n) is 2.09. The topological polar surface area (TPSA) is 103 Å². The van der Waals surface area contributed by atoms with Gasteiger partial charge < -0.3 is 15.0 Å². The number of H-pyrrole nitrogens is 1. The molecule has 2 aromatic heterocycles. The summed E-state index contributed by atoms with van der Waals surface area (Å²) in [6, 6.07) is 7.90. The number of fused-ring (bicyclic) bond motifs is 1. The van der Waals surface area contributed by atoms with Gasteiger partial charge in [0.05, 0.1) is 6.20 Å². The van der Waals surface area contributed by atoms with Crippen molar-refractivity contribution in [1.29, 1.82) is 0 Å². The van der Waals surface area contributed by atoms with Crippen LogP contribution in [0.4, 0.5) is 5.82 Å². The normalized spacial score (nSPS) is 17.2. The van der Waals surface area contributed by atoms with Crippen molar-refractivity contribution in [3.05, 3.63) is 36.3 Å². The first-order valence-corrected chi connectivity index (χ1v) is 7.31. The van der Waals surface area contributed by atoms with Gasteiger partial charge in [-0.2, -0.15) is 10.1 Å². The van der Waals surface area contributed by atoms with Crippen LogP contribution in [-0.2, 0) is 0 Å². The van der Waals surface area contributed by atoms with E-state index in [1.807, 2.05) is 24.3 Å². The third kappa shape index (κ3) is 2.13. The van der Waals surface area contributed by atoms with Gasteiger partial charge in [0.1, 0.15) is 17.1 Å². The number of aromatic nitrogens is 4. The van der Waals surface area contributed by atoms with E-state index < -0.39 is 0 Å². The third-order valence-corrected chi connectivity index (χ3v) is 4.26. The molecule has 106 valence electrons. The van der Waals surface area contributed by atoms with Crippen molar-refractivity contribution in [3.8, 4) is 17.2 Å². The monoisotopic (exact) mass is 301 g/mol. The van der Waals surface area contributed by atoms with E-state index in [9.17, 15) is 0 Å². The van der Waals surface area contributed by atoms with Crippen LogP contribution in [0.15, 0.2) is 39.9 Å². The Labute approximate surface area is 123 Å². The minimum Gasteiger partial charge on any atom is -0.480 e. The van der Waals surface area contributed by atoms with E-state index in [2.05, 4.69) is 20.3 Å². The summed E-state index contributed by atoms with van der Waals surface area (Å²) < 4.78 is 11.2. The number of nitrogens with zero attached hydrogens (tertiary/aromatic N) is 3. The number of anilines is 1. The van der Waals surface area contributed by atoms with Gasteiger partial charge >= 0.3 is 0 Å². The summed E-state index contributed by atoms with van der Waals surface area (Å²) in [5.74, 6) is 2.82. The van der Waals surface area contributed by atoms with Gasteiger partial charge in [-0.25, -0.2) is 0 Å². The molecule has 7 nitrogen and oxygen atoms in total. The van der Waals surface area contributed by atoms with Gasteiger partial charge in [0.2, 0.25) is 5.82 Å². The lowest BCUT2D eigenvalue weighted by molar-refractivity contribution is 0.205. The maximum atomic E-state index is 5.92. The zero-order valence-electron chi connectivity index (χ0n) is 10.8. The highest BCUT2D eigenvalue weighted by atomic mass is 32.2. The van der Waals surface area contributed by atoms with E-state index in [4.69, 9.17) is 15.0 Å². The molecule has 4 rings (SSSR count). The van der Waals surface area contributed by atoms with Crippen molar-refractivity contribution in [3.63, 3.8) is 0 Å². The molecule has 1 aliphatic rings. The zero-order valence-corrected chi connectivity index (χ0v) is 11.6. The zero-order chi connectivity index (χ0) is 14.2. The number of nitrogens with two attached hydrogens (primary N) is 1. The van der Waals surface area contributed by atoms with Crippen LogP contribution in [0.5, 0.6) is 5.75 Å². The molecule has 3 aromatic rings. The summed E-state index contributed by atoms with van der Waals surface area (Å²) in [6.07, 6.45) is 1.31. The van der Waals surface area contributed by atoms with E-state index >= 15 is 0 Å². The van der Waals surface area contributed by atoms with Gasteiger partial charge in [0, 0.05) is 10.6 Å². The Balaban J connectivity index is 1.61. The molecule has 0 spiro atoms. The predicted octanol–water partition coefficient (Wildman–Crippen LogP) is 2.27. The van der Waals surface area contributed by atoms with E-state index in [-0.39, 0.29) is 6.10 Å². The smallest absolute Gasteiger partial charge is 0.263 e. The second kappa shape index (κ2) is 4.81. The molecule has 0 amide bonds. The Morgan fingerprint density at radius 2 is 2.24 bits per heavy atom. The first kappa shape index (κ1) is 12.3. The molecule has 1 atom stereocenters. The van der Waals surface area contributed by atoms with Crippen LogP contribution in [0.25, 0.3) is 11.5 Å². The van der Waals surface area contributed by atoms with Gasteiger partial charge in [-0.3, -0.25) is 5.10 Å². The molecule has 0 saturated carbocycles. The molecule has 3 heterocycles. The Bertz CT molecular complexity index is 784. The fraction of sp³-hybridized carbons (Fsp3) is 0.154. The lowest BCUT2D eigenvalue weighted by Crippen LogP contribution is -2.16. The highest BCUT2D eigenvalue weighted by Gasteiger charge is 2.26. The summed E-state index contributed by atoms with van der Waals surface area (Å²) in [4.78, 5) is 5.48. The first-order valence-electron chi connectivity index (χ1n) is 6.32. The highest BCUT2D eigenvalue weighted by Crippen LogP contribution is 2.39. The summed E-state index contributed by atoms with van der Waals surface area (Å²) in [5, 5.41) is 10.5. The van der Waals surface area contributed by atoms with E-state index in [0.717, 1.165) is 16.4 Å². The first-order chi connectivity index (χ1) is 10.3. The molecule has 0 fully saturated rings. The minimum atomic E-state index is -0.240. The third-order valence-electron chi connectivity index (χ3n) is 3.14. The number of nitrogens with one attached hydrogen (secondary N) is 1. The SMILES string of the molecule is Nc1[nH]ncc1-c1nc(C2CSc3ccccc3O2)no1. The van der Waals surface area contributed by atoms with Gasteiger partial charge in [-0.15, -0.1) is 11.8 Å². The fourth-order valence-corrected chi connectivity index (χ4v) is 3.07. The summed E-state index contributed by atoms with van der Waals surface area (Å²) in [7, 11) is 0. The number of rotatable bonds is 2. The number of thioether (sulfide) groups is 1. The number of para-hydroxylation sites is 1. The second-order valence-electron chi connectivity index (χ2n) is 4.52. The molecule has 1 aromatic carbocycles. The van der Waals surface area contributed by atoms with Gasteiger partial charge in [0.15, 0.2) is 6.10 Å². The average Bonchev–Trinajstić information content (AvgIpc) is 3.15. The van der Waals surface area contributed by atoms with Crippen molar-refractivity contribution in [2.45, 2.75) is 11.0 Å². The van der Waals surface area contributed by atoms with Crippen molar-refractivity contribution in [2.24, 2.45) is 0 Å². The highest BCUT2D eigenvalue weighted by molar-refractivity contribution is 7.99. The molecule has 3 N–H and O–H groups in total. The van der Waals surface area contributed by atoms with Crippen LogP contribution in [0.3, 0.4) is 0 Å². The van der Waals surface area contributed by atoms with Crippen molar-refractivity contribution in [2.75, 3.05) is 11.5 Å². The predicted molar refractivity (Wildman–Crippen MR) is 76.8 cm³/mol. The van der Waals surface area contributed by atoms with Crippen molar-refractivity contribution < 1.29 is 9.26 Å². The lowest BCUT2D eigenvalue weighted by atomic mass is 10.3. The summed E-state index contributed by atoms with van der Waals surface area (Å²) in [5.41, 5.74) is 6.34. The van der Waals surface area contributed by atoms with E-state index in [1.165, 1.54) is 0 Å². The second-order valence-corrected chi connectivity index (χ2v) is 5.58. The van der Waals surface area contributed by atoms with Crippen LogP contribution in [-0.4, -0.2) is 26.1 Å². The Morgan fingerprint density at radius 3 is 3.10 bits per heavy atom. The number of nitrogen functional groups attached to an aromatic ring is 1. The Morgan fingerprint density at radius 1 is 1.33 bits per heavy atom. The number of benzene rings is 1. The number of aromatic amines is 1. The molecule has 21 heavy (non-hydrogen) atoms. The molecule has 1 unspecified atom stereocenters. The Kier molecular flexibility index (Phi) is 2.81. The number of hydrogen-bond acceptors (Lipinski definition) is 7. The molecular weight excluding hydrogens is 290 g/mol. The number of hydrogen-bond donors (Lipinski definition) is 2. The van der Waals surface area contributed by atoms with E-state index in [0.29, 0.717) is 23.1 Å². The summed E-state index contributed by atoms with van der Waals surface area (Å²) in [6.45, 7) is 0. The maximum absolute atomic E-state index is 5.92.